The minimum atomic E-state index is -4.26. The van der Waals surface area contributed by atoms with Gasteiger partial charge in [-0.2, -0.15) is 8.42 Å². The van der Waals surface area contributed by atoms with E-state index in [-0.39, 0.29) is 27.6 Å². The van der Waals surface area contributed by atoms with E-state index in [0.29, 0.717) is 0 Å². The fourth-order valence-corrected chi connectivity index (χ4v) is 3.47. The maximum absolute atomic E-state index is 12.6. The molecule has 0 radical (unpaired) electrons. The van der Waals surface area contributed by atoms with Gasteiger partial charge in [0.15, 0.2) is 11.5 Å². The van der Waals surface area contributed by atoms with Crippen LogP contribution in [-0.2, 0) is 10.1 Å². The Hall–Kier alpha value is -2.87. The van der Waals surface area contributed by atoms with Crippen LogP contribution in [0.5, 0.6) is 11.5 Å². The molecule has 0 aromatic heterocycles. The number of nitro benzene ring substituents is 1. The number of allylic oxidation sites excluding steroid dienone is 1. The Morgan fingerprint density at radius 3 is 2.48 bits per heavy atom. The van der Waals surface area contributed by atoms with Crippen molar-refractivity contribution in [3.8, 4) is 11.5 Å². The third-order valence-corrected chi connectivity index (χ3v) is 4.85. The standard InChI is InChI=1S/C17H17NO6S/c1-4-6-13-9-10-15(16(11-13)23-3)24-25(21,22)17-8-5-7-14(12(17)2)18(19)20/h4-11H,1-3H3/b6-4+. The molecule has 0 unspecified atom stereocenters. The number of nitro groups is 1. The summed E-state index contributed by atoms with van der Waals surface area (Å²) < 4.78 is 35.5. The van der Waals surface area contributed by atoms with Gasteiger partial charge >= 0.3 is 10.1 Å². The normalized spacial score (nSPS) is 11.5. The van der Waals surface area contributed by atoms with Gasteiger partial charge in [0.25, 0.3) is 5.69 Å². The van der Waals surface area contributed by atoms with E-state index in [2.05, 4.69) is 0 Å². The van der Waals surface area contributed by atoms with Gasteiger partial charge in [0.2, 0.25) is 0 Å². The Bertz CT molecular complexity index is 934. The number of nitrogens with zero attached hydrogens (tertiary/aromatic N) is 1. The Morgan fingerprint density at radius 1 is 1.16 bits per heavy atom. The molecule has 0 atom stereocenters. The average molecular weight is 363 g/mol. The molecular weight excluding hydrogens is 346 g/mol. The number of benzene rings is 2. The quantitative estimate of drug-likeness (QED) is 0.441. The highest BCUT2D eigenvalue weighted by atomic mass is 32.2. The Balaban J connectivity index is 2.46. The lowest BCUT2D eigenvalue weighted by Crippen LogP contribution is -2.12. The lowest BCUT2D eigenvalue weighted by molar-refractivity contribution is -0.385. The van der Waals surface area contributed by atoms with E-state index in [1.165, 1.54) is 38.3 Å². The summed E-state index contributed by atoms with van der Waals surface area (Å²) in [7, 11) is -2.86. The maximum atomic E-state index is 12.6. The van der Waals surface area contributed by atoms with Gasteiger partial charge < -0.3 is 8.92 Å². The summed E-state index contributed by atoms with van der Waals surface area (Å²) in [5, 5.41) is 11.0. The molecule has 0 aliphatic heterocycles. The summed E-state index contributed by atoms with van der Waals surface area (Å²) in [5.74, 6) is 0.240. The second-order valence-electron chi connectivity index (χ2n) is 5.11. The van der Waals surface area contributed by atoms with E-state index in [1.54, 1.807) is 12.1 Å². The highest BCUT2D eigenvalue weighted by molar-refractivity contribution is 7.87. The summed E-state index contributed by atoms with van der Waals surface area (Å²) >= 11 is 0. The first kappa shape index (κ1) is 18.5. The van der Waals surface area contributed by atoms with E-state index >= 15 is 0 Å². The van der Waals surface area contributed by atoms with Crippen LogP contribution in [-0.4, -0.2) is 20.5 Å². The molecular formula is C17H17NO6S. The molecule has 2 rings (SSSR count). The molecule has 25 heavy (non-hydrogen) atoms. The molecule has 2 aromatic rings. The van der Waals surface area contributed by atoms with E-state index in [0.717, 1.165) is 5.56 Å². The van der Waals surface area contributed by atoms with Crippen molar-refractivity contribution in [3.05, 3.63) is 63.7 Å². The van der Waals surface area contributed by atoms with E-state index in [1.807, 2.05) is 19.1 Å². The zero-order chi connectivity index (χ0) is 18.6. The SMILES string of the molecule is C/C=C/c1ccc(OS(=O)(=O)c2cccc([N+](=O)[O-])c2C)c(OC)c1. The van der Waals surface area contributed by atoms with E-state index < -0.39 is 15.0 Å². The highest BCUT2D eigenvalue weighted by Gasteiger charge is 2.25. The van der Waals surface area contributed by atoms with Gasteiger partial charge in [-0.1, -0.05) is 24.3 Å². The Morgan fingerprint density at radius 2 is 1.88 bits per heavy atom. The van der Waals surface area contributed by atoms with Gasteiger partial charge in [0.05, 0.1) is 12.0 Å². The van der Waals surface area contributed by atoms with Crippen LogP contribution >= 0.6 is 0 Å². The molecule has 0 amide bonds. The summed E-state index contributed by atoms with van der Waals surface area (Å²) in [6, 6.07) is 8.57. The zero-order valence-corrected chi connectivity index (χ0v) is 14.7. The summed E-state index contributed by atoms with van der Waals surface area (Å²) in [4.78, 5) is 10.1. The molecule has 0 bridgehead atoms. The fraction of sp³-hybridized carbons (Fsp3) is 0.176. The van der Waals surface area contributed by atoms with Crippen molar-refractivity contribution in [1.29, 1.82) is 0 Å². The first-order chi connectivity index (χ1) is 11.8. The smallest absolute Gasteiger partial charge is 0.339 e. The molecule has 0 aliphatic carbocycles. The van der Waals surface area contributed by atoms with Crippen molar-refractivity contribution < 1.29 is 22.3 Å². The monoisotopic (exact) mass is 363 g/mol. The van der Waals surface area contributed by atoms with E-state index in [9.17, 15) is 18.5 Å². The molecule has 132 valence electrons. The summed E-state index contributed by atoms with van der Waals surface area (Å²) in [6.45, 7) is 3.22. The van der Waals surface area contributed by atoms with Gasteiger partial charge in [-0.25, -0.2) is 0 Å². The number of rotatable bonds is 6. The topological polar surface area (TPSA) is 95.7 Å². The average Bonchev–Trinajstić information content (AvgIpc) is 2.56. The first-order valence-electron chi connectivity index (χ1n) is 7.29. The first-order valence-corrected chi connectivity index (χ1v) is 8.70. The molecule has 2 aromatic carbocycles. The van der Waals surface area contributed by atoms with Crippen molar-refractivity contribution in [1.82, 2.24) is 0 Å². The maximum Gasteiger partial charge on any atom is 0.339 e. The van der Waals surface area contributed by atoms with Crippen molar-refractivity contribution in [2.24, 2.45) is 0 Å². The summed E-state index contributed by atoms with van der Waals surface area (Å²) in [6.07, 6.45) is 3.66. The second-order valence-corrected chi connectivity index (χ2v) is 6.62. The minimum absolute atomic E-state index is 0.00154. The molecule has 0 saturated heterocycles. The molecule has 0 heterocycles. The lowest BCUT2D eigenvalue weighted by atomic mass is 10.2. The minimum Gasteiger partial charge on any atom is -0.493 e. The van der Waals surface area contributed by atoms with Gasteiger partial charge in [-0.15, -0.1) is 0 Å². The zero-order valence-electron chi connectivity index (χ0n) is 13.9. The van der Waals surface area contributed by atoms with Crippen LogP contribution < -0.4 is 8.92 Å². The molecule has 0 fully saturated rings. The third kappa shape index (κ3) is 3.97. The molecule has 0 saturated carbocycles. The predicted molar refractivity (Wildman–Crippen MR) is 93.3 cm³/mol. The number of methoxy groups -OCH3 is 1. The largest absolute Gasteiger partial charge is 0.493 e. The van der Waals surface area contributed by atoms with E-state index in [4.69, 9.17) is 8.92 Å². The second kappa shape index (κ2) is 7.35. The van der Waals surface area contributed by atoms with Crippen LogP contribution in [0.2, 0.25) is 0 Å². The fourth-order valence-electron chi connectivity index (χ4n) is 2.28. The predicted octanol–water partition coefficient (Wildman–Crippen LogP) is 3.71. The number of ether oxygens (including phenoxy) is 1. The van der Waals surface area contributed by atoms with Gasteiger partial charge in [-0.3, -0.25) is 10.1 Å². The Labute approximate surface area is 145 Å². The molecule has 8 heteroatoms. The molecule has 0 N–H and O–H groups in total. The van der Waals surface area contributed by atoms with Crippen LogP contribution in [0.25, 0.3) is 6.08 Å². The molecule has 0 aliphatic rings. The van der Waals surface area contributed by atoms with Gasteiger partial charge in [-0.05, 0) is 37.6 Å². The van der Waals surface area contributed by atoms with Crippen molar-refractivity contribution in [2.45, 2.75) is 18.7 Å². The molecule has 7 nitrogen and oxygen atoms in total. The third-order valence-electron chi connectivity index (χ3n) is 3.47. The highest BCUT2D eigenvalue weighted by Crippen LogP contribution is 2.33. The van der Waals surface area contributed by atoms with Gasteiger partial charge in [0, 0.05) is 11.6 Å². The Kier molecular flexibility index (Phi) is 5.43. The van der Waals surface area contributed by atoms with Gasteiger partial charge in [0.1, 0.15) is 4.90 Å². The van der Waals surface area contributed by atoms with Crippen molar-refractivity contribution >= 4 is 21.9 Å². The summed E-state index contributed by atoms with van der Waals surface area (Å²) in [5.41, 5.74) is 0.535. The van der Waals surface area contributed by atoms with Crippen LogP contribution in [0.3, 0.4) is 0 Å². The lowest BCUT2D eigenvalue weighted by Gasteiger charge is -2.12. The molecule has 0 spiro atoms. The van der Waals surface area contributed by atoms with Crippen LogP contribution in [0.1, 0.15) is 18.1 Å². The van der Waals surface area contributed by atoms with Crippen LogP contribution in [0.15, 0.2) is 47.4 Å². The van der Waals surface area contributed by atoms with Crippen LogP contribution in [0, 0.1) is 17.0 Å². The van der Waals surface area contributed by atoms with Crippen molar-refractivity contribution in [3.63, 3.8) is 0 Å². The number of hydrogen-bond acceptors (Lipinski definition) is 6. The van der Waals surface area contributed by atoms with Crippen LogP contribution in [0.4, 0.5) is 5.69 Å². The van der Waals surface area contributed by atoms with Crippen molar-refractivity contribution in [2.75, 3.05) is 7.11 Å². The number of hydrogen-bond donors (Lipinski definition) is 0.